The maximum absolute atomic E-state index is 12.2. The predicted molar refractivity (Wildman–Crippen MR) is 105 cm³/mol. The van der Waals surface area contributed by atoms with Gasteiger partial charge in [-0.1, -0.05) is 42.5 Å². The van der Waals surface area contributed by atoms with Gasteiger partial charge in [0.15, 0.2) is 5.11 Å². The van der Waals surface area contributed by atoms with Gasteiger partial charge >= 0.3 is 5.97 Å². The highest BCUT2D eigenvalue weighted by atomic mass is 32.1. The molecule has 0 bridgehead atoms. The third-order valence-corrected chi connectivity index (χ3v) is 4.41. The number of thiocarbonyl (C=S) groups is 1. The van der Waals surface area contributed by atoms with E-state index in [1.165, 1.54) is 11.3 Å². The van der Waals surface area contributed by atoms with E-state index in [1.807, 2.05) is 43.3 Å². The second kappa shape index (κ2) is 8.61. The summed E-state index contributed by atoms with van der Waals surface area (Å²) < 4.78 is 5.15. The standard InChI is InChI=1S/C18H20N2O2S2/c1-4-22-17(21)14-10-15(13-8-6-5-7-9-13)24-16(14)20-18(23)19-11-12(2)3/h5-10H,2,4,11H2,1,3H3,(H2,19,20,23). The van der Waals surface area contributed by atoms with Crippen LogP contribution in [-0.2, 0) is 4.74 Å². The molecule has 0 amide bonds. The predicted octanol–water partition coefficient (Wildman–Crippen LogP) is 4.45. The summed E-state index contributed by atoms with van der Waals surface area (Å²) in [6, 6.07) is 11.7. The zero-order valence-corrected chi connectivity index (χ0v) is 15.4. The van der Waals surface area contributed by atoms with Crippen LogP contribution in [0.5, 0.6) is 0 Å². The molecular formula is C18H20N2O2S2. The van der Waals surface area contributed by atoms with Crippen molar-refractivity contribution in [2.24, 2.45) is 0 Å². The second-order valence-corrected chi connectivity index (χ2v) is 6.67. The molecule has 0 saturated heterocycles. The summed E-state index contributed by atoms with van der Waals surface area (Å²) in [6.07, 6.45) is 0. The monoisotopic (exact) mass is 360 g/mol. The molecule has 0 aliphatic heterocycles. The molecule has 0 unspecified atom stereocenters. The van der Waals surface area contributed by atoms with Crippen LogP contribution in [0.1, 0.15) is 24.2 Å². The minimum absolute atomic E-state index is 0.327. The lowest BCUT2D eigenvalue weighted by Gasteiger charge is -2.10. The van der Waals surface area contributed by atoms with E-state index >= 15 is 0 Å². The molecule has 1 aromatic heterocycles. The maximum Gasteiger partial charge on any atom is 0.341 e. The fraction of sp³-hybridized carbons (Fsp3) is 0.222. The van der Waals surface area contributed by atoms with E-state index in [0.717, 1.165) is 16.0 Å². The van der Waals surface area contributed by atoms with Gasteiger partial charge in [0.2, 0.25) is 0 Å². The lowest BCUT2D eigenvalue weighted by atomic mass is 10.1. The van der Waals surface area contributed by atoms with Crippen molar-refractivity contribution in [3.8, 4) is 10.4 Å². The molecule has 126 valence electrons. The van der Waals surface area contributed by atoms with Crippen LogP contribution in [0, 0.1) is 0 Å². The number of anilines is 1. The number of hydrogen-bond acceptors (Lipinski definition) is 4. The van der Waals surface area contributed by atoms with E-state index in [9.17, 15) is 4.79 Å². The number of nitrogens with one attached hydrogen (secondary N) is 2. The number of ether oxygens (including phenoxy) is 1. The lowest BCUT2D eigenvalue weighted by molar-refractivity contribution is 0.0528. The van der Waals surface area contributed by atoms with Crippen molar-refractivity contribution >= 4 is 39.6 Å². The molecule has 0 saturated carbocycles. The molecule has 24 heavy (non-hydrogen) atoms. The zero-order chi connectivity index (χ0) is 17.5. The Labute approximate surface area is 151 Å². The number of hydrogen-bond donors (Lipinski definition) is 2. The highest BCUT2D eigenvalue weighted by Crippen LogP contribution is 2.35. The van der Waals surface area contributed by atoms with Crippen LogP contribution in [0.25, 0.3) is 10.4 Å². The fourth-order valence-corrected chi connectivity index (χ4v) is 3.26. The fourth-order valence-electron chi connectivity index (χ4n) is 1.97. The van der Waals surface area contributed by atoms with Crippen molar-refractivity contribution in [3.63, 3.8) is 0 Å². The first-order valence-corrected chi connectivity index (χ1v) is 8.79. The highest BCUT2D eigenvalue weighted by Gasteiger charge is 2.18. The molecule has 0 fully saturated rings. The molecule has 0 atom stereocenters. The SMILES string of the molecule is C=C(C)CNC(=S)Nc1sc(-c2ccccc2)cc1C(=O)OCC. The molecule has 4 nitrogen and oxygen atoms in total. The van der Waals surface area contributed by atoms with Crippen LogP contribution in [0.3, 0.4) is 0 Å². The second-order valence-electron chi connectivity index (χ2n) is 5.20. The number of esters is 1. The Morgan fingerprint density at radius 2 is 2.04 bits per heavy atom. The van der Waals surface area contributed by atoms with E-state index in [1.54, 1.807) is 6.92 Å². The normalized spacial score (nSPS) is 10.1. The van der Waals surface area contributed by atoms with Crippen LogP contribution in [0.2, 0.25) is 0 Å². The van der Waals surface area contributed by atoms with E-state index in [2.05, 4.69) is 17.2 Å². The van der Waals surface area contributed by atoms with Crippen LogP contribution in [-0.4, -0.2) is 24.2 Å². The molecule has 0 aliphatic carbocycles. The van der Waals surface area contributed by atoms with Gasteiger partial charge in [0.1, 0.15) is 5.00 Å². The molecule has 0 spiro atoms. The molecule has 6 heteroatoms. The van der Waals surface area contributed by atoms with Gasteiger partial charge in [0.05, 0.1) is 12.2 Å². The third kappa shape index (κ3) is 4.91. The molecule has 2 rings (SSSR count). The van der Waals surface area contributed by atoms with Crippen molar-refractivity contribution < 1.29 is 9.53 Å². The summed E-state index contributed by atoms with van der Waals surface area (Å²) in [4.78, 5) is 13.2. The van der Waals surface area contributed by atoms with Crippen molar-refractivity contribution in [2.75, 3.05) is 18.5 Å². The van der Waals surface area contributed by atoms with Crippen molar-refractivity contribution in [1.82, 2.24) is 5.32 Å². The van der Waals surface area contributed by atoms with Gasteiger partial charge < -0.3 is 15.4 Å². The Bertz CT molecular complexity index is 739. The van der Waals surface area contributed by atoms with Crippen molar-refractivity contribution in [1.29, 1.82) is 0 Å². The van der Waals surface area contributed by atoms with Crippen molar-refractivity contribution in [3.05, 3.63) is 54.1 Å². The largest absolute Gasteiger partial charge is 0.462 e. The Balaban J connectivity index is 2.27. The van der Waals surface area contributed by atoms with Crippen LogP contribution in [0.4, 0.5) is 5.00 Å². The lowest BCUT2D eigenvalue weighted by Crippen LogP contribution is -2.29. The summed E-state index contributed by atoms with van der Waals surface area (Å²) in [7, 11) is 0. The minimum Gasteiger partial charge on any atom is -0.462 e. The highest BCUT2D eigenvalue weighted by molar-refractivity contribution is 7.80. The first-order chi connectivity index (χ1) is 11.5. The number of benzene rings is 1. The summed E-state index contributed by atoms with van der Waals surface area (Å²) in [5.41, 5.74) is 2.50. The molecule has 2 aromatic rings. The van der Waals surface area contributed by atoms with Gasteiger partial charge in [-0.2, -0.15) is 0 Å². The number of carbonyl (C=O) groups is 1. The average molecular weight is 361 g/mol. The Kier molecular flexibility index (Phi) is 6.52. The van der Waals surface area contributed by atoms with Crippen molar-refractivity contribution in [2.45, 2.75) is 13.8 Å². The molecule has 2 N–H and O–H groups in total. The Morgan fingerprint density at radius 3 is 2.67 bits per heavy atom. The minimum atomic E-state index is -0.360. The molecule has 1 aromatic carbocycles. The van der Waals surface area contributed by atoms with E-state index in [4.69, 9.17) is 17.0 Å². The molecule has 1 heterocycles. The van der Waals surface area contributed by atoms with Gasteiger partial charge in [-0.25, -0.2) is 4.79 Å². The van der Waals surface area contributed by atoms with E-state index in [-0.39, 0.29) is 5.97 Å². The van der Waals surface area contributed by atoms with Crippen LogP contribution < -0.4 is 10.6 Å². The maximum atomic E-state index is 12.2. The topological polar surface area (TPSA) is 50.4 Å². The summed E-state index contributed by atoms with van der Waals surface area (Å²) in [5, 5.41) is 7.27. The Morgan fingerprint density at radius 1 is 1.33 bits per heavy atom. The number of carbonyl (C=O) groups excluding carboxylic acids is 1. The average Bonchev–Trinajstić information content (AvgIpc) is 2.98. The quantitative estimate of drug-likeness (QED) is 0.453. The van der Waals surface area contributed by atoms with Crippen LogP contribution >= 0.6 is 23.6 Å². The molecule has 0 radical (unpaired) electrons. The van der Waals surface area contributed by atoms with Gasteiger partial charge in [-0.15, -0.1) is 11.3 Å². The zero-order valence-electron chi connectivity index (χ0n) is 13.7. The van der Waals surface area contributed by atoms with Gasteiger partial charge in [-0.05, 0) is 37.7 Å². The number of thiophene rings is 1. The van der Waals surface area contributed by atoms with Crippen LogP contribution in [0.15, 0.2) is 48.6 Å². The number of rotatable bonds is 6. The third-order valence-electron chi connectivity index (χ3n) is 3.06. The molecule has 0 aliphatic rings. The molecular weight excluding hydrogens is 340 g/mol. The smallest absolute Gasteiger partial charge is 0.341 e. The summed E-state index contributed by atoms with van der Waals surface area (Å²) in [6.45, 7) is 8.44. The van der Waals surface area contributed by atoms with Gasteiger partial charge in [0.25, 0.3) is 0 Å². The first kappa shape index (κ1) is 18.2. The van der Waals surface area contributed by atoms with Gasteiger partial charge in [0, 0.05) is 11.4 Å². The first-order valence-electron chi connectivity index (χ1n) is 7.57. The Hall–Kier alpha value is -2.18. The van der Waals surface area contributed by atoms with E-state index in [0.29, 0.717) is 28.8 Å². The van der Waals surface area contributed by atoms with E-state index < -0.39 is 0 Å². The van der Waals surface area contributed by atoms with Gasteiger partial charge in [-0.3, -0.25) is 0 Å². The summed E-state index contributed by atoms with van der Waals surface area (Å²) in [5.74, 6) is -0.360. The summed E-state index contributed by atoms with van der Waals surface area (Å²) >= 11 is 6.75.